The molecule has 5 nitrogen and oxygen atoms in total. The molecule has 0 saturated heterocycles. The highest BCUT2D eigenvalue weighted by molar-refractivity contribution is 7.10. The standard InChI is InChI=1S/C14H17N3O2S/c1-19-9-8-17(7-3-6-16)14(18)12-10-13(20-11-12)4-2-5-15/h10-11H,3,5,7-9,15H2,1H3. The van der Waals surface area contributed by atoms with Crippen molar-refractivity contribution in [3.8, 4) is 17.9 Å². The summed E-state index contributed by atoms with van der Waals surface area (Å²) in [6.45, 7) is 1.61. The summed E-state index contributed by atoms with van der Waals surface area (Å²) in [5.74, 6) is 5.55. The van der Waals surface area contributed by atoms with Gasteiger partial charge in [0.15, 0.2) is 0 Å². The summed E-state index contributed by atoms with van der Waals surface area (Å²) in [4.78, 5) is 14.8. The number of methoxy groups -OCH3 is 1. The highest BCUT2D eigenvalue weighted by Gasteiger charge is 2.16. The summed E-state index contributed by atoms with van der Waals surface area (Å²) >= 11 is 1.41. The number of rotatable bonds is 6. The highest BCUT2D eigenvalue weighted by Crippen LogP contribution is 2.15. The van der Waals surface area contributed by atoms with Crippen molar-refractivity contribution in [1.82, 2.24) is 4.90 Å². The van der Waals surface area contributed by atoms with E-state index in [1.807, 2.05) is 6.07 Å². The van der Waals surface area contributed by atoms with Gasteiger partial charge < -0.3 is 15.4 Å². The average molecular weight is 291 g/mol. The molecule has 0 aromatic carbocycles. The lowest BCUT2D eigenvalue weighted by atomic mass is 10.2. The summed E-state index contributed by atoms with van der Waals surface area (Å²) in [6, 6.07) is 3.80. The van der Waals surface area contributed by atoms with Crippen LogP contribution in [0.5, 0.6) is 0 Å². The van der Waals surface area contributed by atoms with Gasteiger partial charge in [-0.2, -0.15) is 5.26 Å². The molecule has 0 saturated carbocycles. The monoisotopic (exact) mass is 291 g/mol. The van der Waals surface area contributed by atoms with E-state index in [0.717, 1.165) is 4.88 Å². The van der Waals surface area contributed by atoms with E-state index in [0.29, 0.717) is 38.2 Å². The van der Waals surface area contributed by atoms with Crippen LogP contribution in [0, 0.1) is 23.2 Å². The maximum absolute atomic E-state index is 12.3. The summed E-state index contributed by atoms with van der Waals surface area (Å²) in [7, 11) is 1.58. The van der Waals surface area contributed by atoms with Crippen LogP contribution in [0.4, 0.5) is 0 Å². The number of hydrogen-bond acceptors (Lipinski definition) is 5. The fourth-order valence-corrected chi connectivity index (χ4v) is 2.28. The first-order valence-corrected chi connectivity index (χ1v) is 7.03. The SMILES string of the molecule is COCCN(CCC#N)C(=O)c1csc(C#CCN)c1. The Bertz CT molecular complexity index is 537. The minimum atomic E-state index is -0.102. The predicted octanol–water partition coefficient (Wildman–Crippen LogP) is 1.06. The zero-order chi connectivity index (χ0) is 14.8. The number of nitrogens with zero attached hydrogens (tertiary/aromatic N) is 2. The van der Waals surface area contributed by atoms with Gasteiger partial charge in [-0.3, -0.25) is 4.79 Å². The van der Waals surface area contributed by atoms with E-state index in [4.69, 9.17) is 15.7 Å². The van der Waals surface area contributed by atoms with E-state index in [1.165, 1.54) is 11.3 Å². The Hall–Kier alpha value is -1.86. The average Bonchev–Trinajstić information content (AvgIpc) is 2.93. The summed E-state index contributed by atoms with van der Waals surface area (Å²) < 4.78 is 4.99. The molecule has 2 N–H and O–H groups in total. The molecule has 1 aromatic rings. The Kier molecular flexibility index (Phi) is 7.38. The second kappa shape index (κ2) is 9.11. The van der Waals surface area contributed by atoms with E-state index in [9.17, 15) is 4.79 Å². The van der Waals surface area contributed by atoms with Crippen molar-refractivity contribution >= 4 is 17.2 Å². The summed E-state index contributed by atoms with van der Waals surface area (Å²) in [5.41, 5.74) is 5.90. The Labute approximate surface area is 122 Å². The van der Waals surface area contributed by atoms with Crippen LogP contribution in [0.15, 0.2) is 11.4 Å². The first-order chi connectivity index (χ1) is 9.72. The van der Waals surface area contributed by atoms with Crippen LogP contribution in [-0.2, 0) is 4.74 Å². The zero-order valence-corrected chi connectivity index (χ0v) is 12.2. The van der Waals surface area contributed by atoms with Crippen LogP contribution in [-0.4, -0.2) is 44.2 Å². The van der Waals surface area contributed by atoms with E-state index in [1.54, 1.807) is 23.5 Å². The van der Waals surface area contributed by atoms with Gasteiger partial charge in [0.2, 0.25) is 0 Å². The van der Waals surface area contributed by atoms with Crippen LogP contribution in [0.1, 0.15) is 21.7 Å². The minimum absolute atomic E-state index is 0.102. The number of nitriles is 1. The molecule has 0 spiro atoms. The highest BCUT2D eigenvalue weighted by atomic mass is 32.1. The Balaban J connectivity index is 2.77. The van der Waals surface area contributed by atoms with Crippen LogP contribution >= 0.6 is 11.3 Å². The summed E-state index contributed by atoms with van der Waals surface area (Å²) in [5, 5.41) is 10.4. The van der Waals surface area contributed by atoms with Crippen LogP contribution in [0.3, 0.4) is 0 Å². The number of carbonyl (C=O) groups excluding carboxylic acids is 1. The fraction of sp³-hybridized carbons (Fsp3) is 0.429. The number of hydrogen-bond donors (Lipinski definition) is 1. The molecule has 1 amide bonds. The van der Waals surface area contributed by atoms with E-state index in [2.05, 4.69) is 11.8 Å². The number of nitrogens with two attached hydrogens (primary N) is 1. The lowest BCUT2D eigenvalue weighted by Crippen LogP contribution is -2.34. The fourth-order valence-electron chi connectivity index (χ4n) is 1.54. The van der Waals surface area contributed by atoms with Crippen LogP contribution in [0.2, 0.25) is 0 Å². The maximum atomic E-state index is 12.3. The second-order valence-electron chi connectivity index (χ2n) is 3.90. The van der Waals surface area contributed by atoms with Crippen molar-refractivity contribution in [3.05, 3.63) is 21.9 Å². The third-order valence-electron chi connectivity index (χ3n) is 2.51. The normalized spacial score (nSPS) is 9.45. The van der Waals surface area contributed by atoms with Gasteiger partial charge in [-0.15, -0.1) is 11.3 Å². The van der Waals surface area contributed by atoms with Gasteiger partial charge in [0.25, 0.3) is 5.91 Å². The van der Waals surface area contributed by atoms with Crippen molar-refractivity contribution in [1.29, 1.82) is 5.26 Å². The molecule has 0 aliphatic rings. The number of amides is 1. The van der Waals surface area contributed by atoms with Gasteiger partial charge in [0.05, 0.1) is 36.1 Å². The molecule has 0 unspecified atom stereocenters. The third kappa shape index (κ3) is 5.02. The van der Waals surface area contributed by atoms with E-state index >= 15 is 0 Å². The van der Waals surface area contributed by atoms with E-state index in [-0.39, 0.29) is 5.91 Å². The molecule has 1 rings (SSSR count). The van der Waals surface area contributed by atoms with Crippen molar-refractivity contribution < 1.29 is 9.53 Å². The molecule has 0 atom stereocenters. The van der Waals surface area contributed by atoms with Gasteiger partial charge in [0, 0.05) is 25.6 Å². The van der Waals surface area contributed by atoms with Gasteiger partial charge in [-0.05, 0) is 6.07 Å². The molecule has 0 radical (unpaired) electrons. The van der Waals surface area contributed by atoms with Gasteiger partial charge in [0.1, 0.15) is 0 Å². The van der Waals surface area contributed by atoms with Crippen LogP contribution in [0.25, 0.3) is 0 Å². The molecule has 20 heavy (non-hydrogen) atoms. The zero-order valence-electron chi connectivity index (χ0n) is 11.4. The van der Waals surface area contributed by atoms with Crippen LogP contribution < -0.4 is 5.73 Å². The number of thiophene rings is 1. The molecule has 0 aliphatic carbocycles. The smallest absolute Gasteiger partial charge is 0.254 e. The van der Waals surface area contributed by atoms with E-state index < -0.39 is 0 Å². The van der Waals surface area contributed by atoms with Gasteiger partial charge >= 0.3 is 0 Å². The number of carbonyl (C=O) groups is 1. The molecular formula is C14H17N3O2S. The second-order valence-corrected chi connectivity index (χ2v) is 4.81. The molecule has 0 fully saturated rings. The first-order valence-electron chi connectivity index (χ1n) is 6.15. The quantitative estimate of drug-likeness (QED) is 0.795. The lowest BCUT2D eigenvalue weighted by Gasteiger charge is -2.20. The molecule has 106 valence electrons. The van der Waals surface area contributed by atoms with Gasteiger partial charge in [-0.1, -0.05) is 11.8 Å². The lowest BCUT2D eigenvalue weighted by molar-refractivity contribution is 0.0700. The molecule has 6 heteroatoms. The van der Waals surface area contributed by atoms with Crippen molar-refractivity contribution in [3.63, 3.8) is 0 Å². The number of ether oxygens (including phenoxy) is 1. The maximum Gasteiger partial charge on any atom is 0.254 e. The molecule has 1 heterocycles. The predicted molar refractivity (Wildman–Crippen MR) is 78.3 cm³/mol. The Morgan fingerprint density at radius 2 is 2.35 bits per heavy atom. The van der Waals surface area contributed by atoms with Crippen molar-refractivity contribution in [2.24, 2.45) is 5.73 Å². The Morgan fingerprint density at radius 1 is 1.55 bits per heavy atom. The molecule has 0 bridgehead atoms. The Morgan fingerprint density at radius 3 is 3.00 bits per heavy atom. The van der Waals surface area contributed by atoms with Gasteiger partial charge in [-0.25, -0.2) is 0 Å². The molecule has 0 aliphatic heterocycles. The van der Waals surface area contributed by atoms with Crippen molar-refractivity contribution in [2.45, 2.75) is 6.42 Å². The minimum Gasteiger partial charge on any atom is -0.383 e. The molecular weight excluding hydrogens is 274 g/mol. The summed E-state index contributed by atoms with van der Waals surface area (Å²) in [6.07, 6.45) is 0.305. The first kappa shape index (κ1) is 16.2. The van der Waals surface area contributed by atoms with Crippen molar-refractivity contribution in [2.75, 3.05) is 33.4 Å². The third-order valence-corrected chi connectivity index (χ3v) is 3.35. The topological polar surface area (TPSA) is 79.3 Å². The largest absolute Gasteiger partial charge is 0.383 e. The molecule has 1 aromatic heterocycles.